The highest BCUT2D eigenvalue weighted by Crippen LogP contribution is 2.20. The first-order valence-electron chi connectivity index (χ1n) is 9.66. The first kappa shape index (κ1) is 23.7. The molecule has 0 fully saturated rings. The third-order valence-electron chi connectivity index (χ3n) is 4.55. The highest BCUT2D eigenvalue weighted by Gasteiger charge is 2.31. The predicted molar refractivity (Wildman–Crippen MR) is 116 cm³/mol. The zero-order chi connectivity index (χ0) is 22.3. The molecule has 0 bridgehead atoms. The summed E-state index contributed by atoms with van der Waals surface area (Å²) in [7, 11) is -3.90. The number of sulfonamides is 1. The molecule has 5 N–H and O–H groups in total. The highest BCUT2D eigenvalue weighted by molar-refractivity contribution is 7.89. The fourth-order valence-corrected chi connectivity index (χ4v) is 4.73. The number of carbonyl (C=O) groups is 1. The molecular weight excluding hydrogens is 406 g/mol. The summed E-state index contributed by atoms with van der Waals surface area (Å²) < 4.78 is 27.5. The van der Waals surface area contributed by atoms with Gasteiger partial charge in [-0.25, -0.2) is 13.2 Å². The zero-order valence-electron chi connectivity index (χ0n) is 17.1. The Hall–Kier alpha value is -2.62. The smallest absolute Gasteiger partial charge is 0.404 e. The molecule has 30 heavy (non-hydrogen) atoms. The van der Waals surface area contributed by atoms with Crippen LogP contribution in [0.5, 0.6) is 0 Å². The van der Waals surface area contributed by atoms with E-state index in [1.807, 2.05) is 44.2 Å². The Morgan fingerprint density at radius 3 is 2.20 bits per heavy atom. The Bertz CT molecular complexity index is 917. The third kappa shape index (κ3) is 6.72. The normalized spacial score (nSPS) is 13.9. The number of rotatable bonds is 10. The maximum Gasteiger partial charge on any atom is 0.404 e. The summed E-state index contributed by atoms with van der Waals surface area (Å²) in [5, 5.41) is 22.3. The van der Waals surface area contributed by atoms with Crippen molar-refractivity contribution in [1.29, 1.82) is 0 Å². The maximum atomic E-state index is 13.2. The number of carboxylic acid groups (broad SMARTS) is 1. The number of hydrogen-bond donors (Lipinski definition) is 4. The molecule has 164 valence electrons. The molecule has 2 atom stereocenters. The minimum atomic E-state index is -3.90. The van der Waals surface area contributed by atoms with Gasteiger partial charge in [0.1, 0.15) is 0 Å². The Morgan fingerprint density at radius 2 is 1.67 bits per heavy atom. The van der Waals surface area contributed by atoms with Crippen molar-refractivity contribution < 1.29 is 23.4 Å². The second kappa shape index (κ2) is 10.4. The van der Waals surface area contributed by atoms with E-state index in [0.29, 0.717) is 5.69 Å². The number of hydrogen-bond acceptors (Lipinski definition) is 5. The van der Waals surface area contributed by atoms with Gasteiger partial charge in [-0.15, -0.1) is 0 Å². The van der Waals surface area contributed by atoms with E-state index in [9.17, 15) is 23.4 Å². The van der Waals surface area contributed by atoms with Gasteiger partial charge in [0.05, 0.1) is 17.0 Å². The third-order valence-corrected chi connectivity index (χ3v) is 6.39. The molecule has 0 saturated carbocycles. The molecule has 0 aromatic heterocycles. The summed E-state index contributed by atoms with van der Waals surface area (Å²) in [6, 6.07) is 14.1. The van der Waals surface area contributed by atoms with Gasteiger partial charge >= 0.3 is 6.09 Å². The second-order valence-corrected chi connectivity index (χ2v) is 9.54. The molecule has 0 heterocycles. The summed E-state index contributed by atoms with van der Waals surface area (Å²) in [6.45, 7) is 3.67. The highest BCUT2D eigenvalue weighted by atomic mass is 32.2. The second-order valence-electron chi connectivity index (χ2n) is 7.60. The predicted octanol–water partition coefficient (Wildman–Crippen LogP) is 2.16. The number of anilines is 1. The van der Waals surface area contributed by atoms with Crippen molar-refractivity contribution in [1.82, 2.24) is 9.62 Å². The van der Waals surface area contributed by atoms with Crippen LogP contribution >= 0.6 is 0 Å². The van der Waals surface area contributed by atoms with E-state index >= 15 is 0 Å². The fraction of sp³-hybridized carbons (Fsp3) is 0.381. The first-order chi connectivity index (χ1) is 14.1. The molecule has 9 heteroatoms. The van der Waals surface area contributed by atoms with E-state index in [2.05, 4.69) is 5.32 Å². The van der Waals surface area contributed by atoms with Gasteiger partial charge in [-0.3, -0.25) is 0 Å². The molecule has 0 radical (unpaired) electrons. The van der Waals surface area contributed by atoms with Crippen molar-refractivity contribution >= 4 is 21.8 Å². The molecule has 1 amide bonds. The summed E-state index contributed by atoms with van der Waals surface area (Å²) in [5.74, 6) is 0.000706. The van der Waals surface area contributed by atoms with E-state index in [-0.39, 0.29) is 30.3 Å². The van der Waals surface area contributed by atoms with E-state index in [0.717, 1.165) is 5.56 Å². The molecule has 0 spiro atoms. The molecule has 8 nitrogen and oxygen atoms in total. The standard InChI is InChI=1S/C21H29N3O5S/c1-15(2)13-24(30(28,29)18-10-8-17(22)9-11-18)14-20(25)19(23-21(26)27)12-16-6-4-3-5-7-16/h3-11,15,19-20,23,25H,12-14,22H2,1-2H3,(H,26,27)/t19-,20+/m0/s1. The Balaban J connectivity index is 2.27. The molecule has 0 saturated heterocycles. The Labute approximate surface area is 177 Å². The van der Waals surface area contributed by atoms with Gasteiger partial charge in [-0.2, -0.15) is 4.31 Å². The minimum absolute atomic E-state index is 0.000706. The van der Waals surface area contributed by atoms with Crippen molar-refractivity contribution in [3.8, 4) is 0 Å². The molecule has 0 aliphatic carbocycles. The van der Waals surface area contributed by atoms with Crippen LogP contribution in [0.25, 0.3) is 0 Å². The van der Waals surface area contributed by atoms with Crippen molar-refractivity contribution in [2.45, 2.75) is 37.3 Å². The zero-order valence-corrected chi connectivity index (χ0v) is 17.9. The van der Waals surface area contributed by atoms with Crippen LogP contribution in [0.1, 0.15) is 19.4 Å². The maximum absolute atomic E-state index is 13.2. The van der Waals surface area contributed by atoms with Crippen molar-refractivity contribution in [2.24, 2.45) is 5.92 Å². The minimum Gasteiger partial charge on any atom is -0.465 e. The molecule has 0 aliphatic heterocycles. The topological polar surface area (TPSA) is 133 Å². The molecule has 2 rings (SSSR count). The SMILES string of the molecule is CC(C)CN(C[C@@H](O)[C@H](Cc1ccccc1)NC(=O)O)S(=O)(=O)c1ccc(N)cc1. The number of benzene rings is 2. The quantitative estimate of drug-likeness (QED) is 0.423. The van der Waals surface area contributed by atoms with Crippen LogP contribution in [0.3, 0.4) is 0 Å². The lowest BCUT2D eigenvalue weighted by Gasteiger charge is -2.30. The van der Waals surface area contributed by atoms with Gasteiger partial charge in [0.15, 0.2) is 0 Å². The largest absolute Gasteiger partial charge is 0.465 e. The van der Waals surface area contributed by atoms with E-state index < -0.39 is 28.3 Å². The molecule has 2 aromatic rings. The van der Waals surface area contributed by atoms with Gasteiger partial charge in [0.25, 0.3) is 0 Å². The van der Waals surface area contributed by atoms with Crippen LogP contribution in [-0.4, -0.2) is 54.3 Å². The van der Waals surface area contributed by atoms with Crippen LogP contribution < -0.4 is 11.1 Å². The van der Waals surface area contributed by atoms with Gasteiger partial charge in [0.2, 0.25) is 10.0 Å². The first-order valence-corrected chi connectivity index (χ1v) is 11.1. The number of nitrogens with two attached hydrogens (primary N) is 1. The number of amides is 1. The van der Waals surface area contributed by atoms with Gasteiger partial charge < -0.3 is 21.3 Å². The van der Waals surface area contributed by atoms with Crippen molar-refractivity contribution in [3.05, 3.63) is 60.2 Å². The fourth-order valence-electron chi connectivity index (χ4n) is 3.11. The number of nitrogen functional groups attached to an aromatic ring is 1. The lowest BCUT2D eigenvalue weighted by atomic mass is 10.0. The summed E-state index contributed by atoms with van der Waals surface area (Å²) in [4.78, 5) is 11.3. The summed E-state index contributed by atoms with van der Waals surface area (Å²) in [5.41, 5.74) is 6.92. The summed E-state index contributed by atoms with van der Waals surface area (Å²) in [6.07, 6.45) is -2.30. The van der Waals surface area contributed by atoms with Crippen LogP contribution in [-0.2, 0) is 16.4 Å². The molecule has 2 aromatic carbocycles. The van der Waals surface area contributed by atoms with Crippen LogP contribution in [0.4, 0.5) is 10.5 Å². The van der Waals surface area contributed by atoms with Gasteiger partial charge in [-0.1, -0.05) is 44.2 Å². The Kier molecular flexibility index (Phi) is 8.22. The lowest BCUT2D eigenvalue weighted by Crippen LogP contribution is -2.50. The van der Waals surface area contributed by atoms with E-state index in [4.69, 9.17) is 5.73 Å². The number of aliphatic hydroxyl groups excluding tert-OH is 1. The van der Waals surface area contributed by atoms with Gasteiger partial charge in [-0.05, 0) is 42.2 Å². The van der Waals surface area contributed by atoms with E-state index in [1.54, 1.807) is 0 Å². The van der Waals surface area contributed by atoms with Gasteiger partial charge in [0, 0.05) is 18.8 Å². The average molecular weight is 436 g/mol. The average Bonchev–Trinajstić information content (AvgIpc) is 2.67. The number of nitrogens with one attached hydrogen (secondary N) is 1. The lowest BCUT2D eigenvalue weighted by molar-refractivity contribution is 0.0980. The monoisotopic (exact) mass is 435 g/mol. The van der Waals surface area contributed by atoms with Crippen LogP contribution in [0.2, 0.25) is 0 Å². The van der Waals surface area contributed by atoms with Crippen molar-refractivity contribution in [2.75, 3.05) is 18.8 Å². The number of nitrogens with zero attached hydrogens (tertiary/aromatic N) is 1. The molecule has 0 unspecified atom stereocenters. The molecular formula is C21H29N3O5S. The van der Waals surface area contributed by atoms with Crippen LogP contribution in [0.15, 0.2) is 59.5 Å². The Morgan fingerprint density at radius 1 is 1.07 bits per heavy atom. The van der Waals surface area contributed by atoms with E-state index in [1.165, 1.54) is 28.6 Å². The number of aliphatic hydroxyl groups is 1. The van der Waals surface area contributed by atoms with Crippen molar-refractivity contribution in [3.63, 3.8) is 0 Å². The summed E-state index contributed by atoms with van der Waals surface area (Å²) >= 11 is 0. The molecule has 0 aliphatic rings. The van der Waals surface area contributed by atoms with Crippen LogP contribution in [0, 0.1) is 5.92 Å².